The van der Waals surface area contributed by atoms with Crippen LogP contribution in [-0.2, 0) is 4.79 Å². The molecular weight excluding hydrogens is 279 g/mol. The molecule has 3 atom stereocenters. The molecule has 1 aromatic rings. The van der Waals surface area contributed by atoms with Gasteiger partial charge in [-0.25, -0.2) is 4.39 Å². The highest BCUT2D eigenvalue weighted by molar-refractivity contribution is 5.83. The summed E-state index contributed by atoms with van der Waals surface area (Å²) >= 11 is 0. The molecule has 1 aliphatic carbocycles. The molecule has 0 aromatic heterocycles. The second-order valence-corrected chi connectivity index (χ2v) is 6.97. The molecule has 1 aromatic carbocycles. The van der Waals surface area contributed by atoms with E-state index < -0.39 is 0 Å². The van der Waals surface area contributed by atoms with Gasteiger partial charge in [-0.3, -0.25) is 9.69 Å². The first-order chi connectivity index (χ1) is 10.7. The fourth-order valence-corrected chi connectivity index (χ4v) is 4.13. The molecular formula is C18H23FN2O. The summed E-state index contributed by atoms with van der Waals surface area (Å²) in [7, 11) is 0. The van der Waals surface area contributed by atoms with Crippen LogP contribution in [0.3, 0.4) is 0 Å². The van der Waals surface area contributed by atoms with Crippen molar-refractivity contribution in [1.82, 2.24) is 9.80 Å². The lowest BCUT2D eigenvalue weighted by Gasteiger charge is -2.23. The summed E-state index contributed by atoms with van der Waals surface area (Å²) in [6.07, 6.45) is 4.66. The van der Waals surface area contributed by atoms with Gasteiger partial charge in [-0.1, -0.05) is 12.1 Å². The van der Waals surface area contributed by atoms with E-state index in [-0.39, 0.29) is 11.7 Å². The lowest BCUT2D eigenvalue weighted by molar-refractivity contribution is -0.131. The molecule has 0 spiro atoms. The Morgan fingerprint density at radius 3 is 2.55 bits per heavy atom. The third-order valence-electron chi connectivity index (χ3n) is 5.54. The Hall–Kier alpha value is -1.42. The summed E-state index contributed by atoms with van der Waals surface area (Å²) in [4.78, 5) is 17.3. The van der Waals surface area contributed by atoms with Crippen LogP contribution in [0.1, 0.15) is 37.2 Å². The van der Waals surface area contributed by atoms with Crippen LogP contribution in [-0.4, -0.2) is 47.9 Å². The van der Waals surface area contributed by atoms with Crippen molar-refractivity contribution >= 4 is 5.91 Å². The van der Waals surface area contributed by atoms with E-state index in [4.69, 9.17) is 0 Å². The maximum atomic E-state index is 13.0. The molecule has 3 fully saturated rings. The van der Waals surface area contributed by atoms with Gasteiger partial charge in [0, 0.05) is 25.0 Å². The molecule has 1 amide bonds. The highest BCUT2D eigenvalue weighted by Gasteiger charge is 2.47. The van der Waals surface area contributed by atoms with Gasteiger partial charge >= 0.3 is 0 Å². The third-order valence-corrected chi connectivity index (χ3v) is 5.54. The van der Waals surface area contributed by atoms with Crippen LogP contribution in [0.2, 0.25) is 0 Å². The maximum absolute atomic E-state index is 13.0. The van der Waals surface area contributed by atoms with Gasteiger partial charge in [0.25, 0.3) is 0 Å². The minimum absolute atomic E-state index is 0.128. The van der Waals surface area contributed by atoms with E-state index >= 15 is 0 Å². The van der Waals surface area contributed by atoms with Gasteiger partial charge in [0.15, 0.2) is 0 Å². The summed E-state index contributed by atoms with van der Waals surface area (Å²) in [5, 5.41) is 0. The monoisotopic (exact) mass is 302 g/mol. The van der Waals surface area contributed by atoms with Crippen LogP contribution >= 0.6 is 0 Å². The molecule has 2 saturated heterocycles. The van der Waals surface area contributed by atoms with Gasteiger partial charge in [0.05, 0.1) is 0 Å². The van der Waals surface area contributed by atoms with Crippen molar-refractivity contribution in [2.24, 2.45) is 5.92 Å². The van der Waals surface area contributed by atoms with Crippen molar-refractivity contribution in [1.29, 1.82) is 0 Å². The number of benzene rings is 1. The summed E-state index contributed by atoms with van der Waals surface area (Å²) in [5.74, 6) is 0.540. The van der Waals surface area contributed by atoms with Crippen LogP contribution in [0.5, 0.6) is 0 Å². The summed E-state index contributed by atoms with van der Waals surface area (Å²) in [6.45, 7) is 4.22. The molecule has 0 radical (unpaired) electrons. The maximum Gasteiger partial charge on any atom is 0.226 e. The predicted molar refractivity (Wildman–Crippen MR) is 83.0 cm³/mol. The second-order valence-electron chi connectivity index (χ2n) is 6.97. The molecule has 3 nitrogen and oxygen atoms in total. The SMILES string of the molecule is O=C([C@@H]1C[C@H]1c1ccc(F)cc1)N1CC[C@@H](N2CCCC2)C1. The van der Waals surface area contributed by atoms with Gasteiger partial charge in [0.2, 0.25) is 5.91 Å². The number of nitrogens with zero attached hydrogens (tertiary/aromatic N) is 2. The summed E-state index contributed by atoms with van der Waals surface area (Å²) in [6, 6.07) is 7.21. The molecule has 118 valence electrons. The molecule has 4 heteroatoms. The highest BCUT2D eigenvalue weighted by atomic mass is 19.1. The van der Waals surface area contributed by atoms with Crippen molar-refractivity contribution in [3.8, 4) is 0 Å². The van der Waals surface area contributed by atoms with Crippen molar-refractivity contribution in [3.05, 3.63) is 35.6 Å². The van der Waals surface area contributed by atoms with Crippen LogP contribution in [0, 0.1) is 11.7 Å². The van der Waals surface area contributed by atoms with E-state index in [1.54, 1.807) is 0 Å². The first-order valence-corrected chi connectivity index (χ1v) is 8.50. The molecule has 2 aliphatic heterocycles. The molecule has 0 unspecified atom stereocenters. The average Bonchev–Trinajstić information content (AvgIpc) is 2.94. The van der Waals surface area contributed by atoms with E-state index in [9.17, 15) is 9.18 Å². The van der Waals surface area contributed by atoms with Gasteiger partial charge in [-0.2, -0.15) is 0 Å². The zero-order chi connectivity index (χ0) is 15.1. The number of amides is 1. The van der Waals surface area contributed by atoms with Crippen molar-refractivity contribution in [3.63, 3.8) is 0 Å². The van der Waals surface area contributed by atoms with E-state index in [1.807, 2.05) is 12.1 Å². The number of rotatable bonds is 3. The van der Waals surface area contributed by atoms with Crippen molar-refractivity contribution in [2.75, 3.05) is 26.2 Å². The highest BCUT2D eigenvalue weighted by Crippen LogP contribution is 2.48. The van der Waals surface area contributed by atoms with Crippen LogP contribution in [0.15, 0.2) is 24.3 Å². The molecule has 22 heavy (non-hydrogen) atoms. The summed E-state index contributed by atoms with van der Waals surface area (Å²) < 4.78 is 13.0. The number of carbonyl (C=O) groups excluding carboxylic acids is 1. The largest absolute Gasteiger partial charge is 0.341 e. The van der Waals surface area contributed by atoms with E-state index in [0.29, 0.717) is 17.9 Å². The van der Waals surface area contributed by atoms with Gasteiger partial charge < -0.3 is 4.90 Å². The smallest absolute Gasteiger partial charge is 0.226 e. The van der Waals surface area contributed by atoms with Crippen LogP contribution < -0.4 is 0 Å². The fraction of sp³-hybridized carbons (Fsp3) is 0.611. The van der Waals surface area contributed by atoms with Crippen LogP contribution in [0.25, 0.3) is 0 Å². The minimum Gasteiger partial charge on any atom is -0.341 e. The Morgan fingerprint density at radius 2 is 1.82 bits per heavy atom. The van der Waals surface area contributed by atoms with E-state index in [1.165, 1.54) is 38.1 Å². The van der Waals surface area contributed by atoms with Crippen molar-refractivity contribution in [2.45, 2.75) is 37.6 Å². The Morgan fingerprint density at radius 1 is 1.09 bits per heavy atom. The zero-order valence-corrected chi connectivity index (χ0v) is 12.9. The number of likely N-dealkylation sites (tertiary alicyclic amines) is 2. The quantitative estimate of drug-likeness (QED) is 0.857. The molecule has 0 N–H and O–H groups in total. The summed E-state index contributed by atoms with van der Waals surface area (Å²) in [5.41, 5.74) is 1.11. The standard InChI is InChI=1S/C18H23FN2O/c19-14-5-3-13(4-6-14)16-11-17(16)18(22)21-10-7-15(12-21)20-8-1-2-9-20/h3-6,15-17H,1-2,7-12H2/t15-,16+,17-/m1/s1. The average molecular weight is 302 g/mol. The first kappa shape index (κ1) is 14.2. The van der Waals surface area contributed by atoms with Gasteiger partial charge in [-0.15, -0.1) is 0 Å². The number of halogens is 1. The second kappa shape index (κ2) is 5.65. The molecule has 3 aliphatic rings. The lowest BCUT2D eigenvalue weighted by Crippen LogP contribution is -2.37. The molecule has 1 saturated carbocycles. The Labute approximate surface area is 131 Å². The fourth-order valence-electron chi connectivity index (χ4n) is 4.13. The number of hydrogen-bond donors (Lipinski definition) is 0. The van der Waals surface area contributed by atoms with E-state index in [2.05, 4.69) is 9.80 Å². The van der Waals surface area contributed by atoms with Gasteiger partial charge in [0.1, 0.15) is 5.82 Å². The lowest BCUT2D eigenvalue weighted by atomic mass is 10.1. The molecule has 2 heterocycles. The van der Waals surface area contributed by atoms with E-state index in [0.717, 1.165) is 31.5 Å². The van der Waals surface area contributed by atoms with Crippen LogP contribution in [0.4, 0.5) is 4.39 Å². The third kappa shape index (κ3) is 2.65. The molecule has 0 bridgehead atoms. The normalized spacial score (nSPS) is 31.7. The Balaban J connectivity index is 1.34. The Kier molecular flexibility index (Phi) is 3.65. The Bertz CT molecular complexity index is 553. The van der Waals surface area contributed by atoms with Crippen molar-refractivity contribution < 1.29 is 9.18 Å². The zero-order valence-electron chi connectivity index (χ0n) is 12.9. The topological polar surface area (TPSA) is 23.6 Å². The predicted octanol–water partition coefficient (Wildman–Crippen LogP) is 2.63. The number of hydrogen-bond acceptors (Lipinski definition) is 2. The minimum atomic E-state index is -0.208. The van der Waals surface area contributed by atoms with Gasteiger partial charge in [-0.05, 0) is 62.4 Å². The first-order valence-electron chi connectivity index (χ1n) is 8.50. The number of carbonyl (C=O) groups is 1. The molecule has 4 rings (SSSR count).